The van der Waals surface area contributed by atoms with Crippen LogP contribution in [0.15, 0.2) is 51.6 Å². The van der Waals surface area contributed by atoms with Crippen LogP contribution >= 0.6 is 15.9 Å². The summed E-state index contributed by atoms with van der Waals surface area (Å²) in [5.41, 5.74) is 0.954. The average Bonchev–Trinajstić information content (AvgIpc) is 3.10. The number of rotatable bonds is 7. The zero-order valence-corrected chi connectivity index (χ0v) is 18.2. The smallest absolute Gasteiger partial charge is 0.363 e. The Labute approximate surface area is 185 Å². The van der Waals surface area contributed by atoms with Gasteiger partial charge in [0, 0.05) is 24.1 Å². The van der Waals surface area contributed by atoms with Crippen molar-refractivity contribution in [2.75, 3.05) is 6.61 Å². The maximum absolute atomic E-state index is 12.3. The van der Waals surface area contributed by atoms with Gasteiger partial charge in [0.15, 0.2) is 17.2 Å². The summed E-state index contributed by atoms with van der Waals surface area (Å²) in [6, 6.07) is 8.78. The average molecular weight is 489 g/mol. The number of nitro groups is 1. The van der Waals surface area contributed by atoms with Crippen molar-refractivity contribution in [2.24, 2.45) is 4.99 Å². The Kier molecular flexibility index (Phi) is 6.81. The quantitative estimate of drug-likeness (QED) is 0.186. The number of nitro benzene ring substituents is 1. The lowest BCUT2D eigenvalue weighted by Gasteiger charge is -2.13. The van der Waals surface area contributed by atoms with Gasteiger partial charge < -0.3 is 14.2 Å². The number of carbonyl (C=O) groups is 2. The predicted octanol–water partition coefficient (Wildman–Crippen LogP) is 4.42. The van der Waals surface area contributed by atoms with Gasteiger partial charge in [-0.25, -0.2) is 9.79 Å². The van der Waals surface area contributed by atoms with Crippen molar-refractivity contribution in [3.05, 3.63) is 67.8 Å². The zero-order valence-electron chi connectivity index (χ0n) is 16.6. The summed E-state index contributed by atoms with van der Waals surface area (Å²) in [6.45, 7) is 3.81. The van der Waals surface area contributed by atoms with E-state index in [0.717, 1.165) is 0 Å². The first kappa shape index (κ1) is 22.2. The van der Waals surface area contributed by atoms with E-state index in [4.69, 9.17) is 14.2 Å². The first-order valence-electron chi connectivity index (χ1n) is 9.26. The molecule has 0 spiro atoms. The number of ether oxygens (including phenoxy) is 3. The maximum Gasteiger partial charge on any atom is 0.363 e. The molecule has 0 radical (unpaired) electrons. The van der Waals surface area contributed by atoms with Gasteiger partial charge in [-0.3, -0.25) is 14.9 Å². The largest absolute Gasteiger partial charge is 0.490 e. The highest BCUT2D eigenvalue weighted by Gasteiger charge is 2.25. The van der Waals surface area contributed by atoms with E-state index >= 15 is 0 Å². The lowest BCUT2D eigenvalue weighted by atomic mass is 10.1. The fourth-order valence-corrected chi connectivity index (χ4v) is 3.18. The van der Waals surface area contributed by atoms with E-state index in [1.54, 1.807) is 26.0 Å². The third kappa shape index (κ3) is 5.15. The van der Waals surface area contributed by atoms with Gasteiger partial charge in [0.05, 0.1) is 16.0 Å². The highest BCUT2D eigenvalue weighted by Crippen LogP contribution is 2.38. The number of carbonyl (C=O) groups excluding carboxylic acids is 2. The van der Waals surface area contributed by atoms with Gasteiger partial charge in [0.1, 0.15) is 0 Å². The van der Waals surface area contributed by atoms with Gasteiger partial charge >= 0.3 is 11.9 Å². The normalized spacial score (nSPS) is 14.2. The summed E-state index contributed by atoms with van der Waals surface area (Å²) < 4.78 is 16.6. The van der Waals surface area contributed by atoms with Crippen molar-refractivity contribution < 1.29 is 28.7 Å². The van der Waals surface area contributed by atoms with Gasteiger partial charge in [0.2, 0.25) is 5.90 Å². The van der Waals surface area contributed by atoms with Gasteiger partial charge in [-0.05, 0) is 58.8 Å². The Balaban J connectivity index is 1.93. The lowest BCUT2D eigenvalue weighted by molar-refractivity contribution is -0.384. The summed E-state index contributed by atoms with van der Waals surface area (Å²) in [7, 11) is 0. The van der Waals surface area contributed by atoms with Crippen molar-refractivity contribution in [1.82, 2.24) is 0 Å². The second-order valence-electron chi connectivity index (χ2n) is 6.23. The summed E-state index contributed by atoms with van der Waals surface area (Å²) in [5.74, 6) is -0.450. The third-order valence-corrected chi connectivity index (χ3v) is 4.67. The van der Waals surface area contributed by atoms with Crippen LogP contribution in [0.25, 0.3) is 6.08 Å². The molecule has 0 atom stereocenters. The van der Waals surface area contributed by atoms with Crippen LogP contribution in [0, 0.1) is 10.1 Å². The molecule has 160 valence electrons. The highest BCUT2D eigenvalue weighted by atomic mass is 79.9. The number of esters is 2. The minimum Gasteiger partial charge on any atom is -0.490 e. The minimum absolute atomic E-state index is 0.0426. The molecule has 2 aromatic rings. The van der Waals surface area contributed by atoms with E-state index in [0.29, 0.717) is 28.0 Å². The molecule has 0 aromatic heterocycles. The standard InChI is InChI=1S/C21H17BrN2O7/c1-3-18(25)30-19-15(22)9-12(11-17(19)29-4-2)10-16-21(26)31-20(23-16)13-5-7-14(8-6-13)24(27)28/h5-11H,3-4H2,1-2H3/b16-10-. The highest BCUT2D eigenvalue weighted by molar-refractivity contribution is 9.10. The van der Waals surface area contributed by atoms with E-state index in [2.05, 4.69) is 20.9 Å². The third-order valence-electron chi connectivity index (χ3n) is 4.09. The summed E-state index contributed by atoms with van der Waals surface area (Å²) in [4.78, 5) is 38.4. The number of non-ortho nitro benzene ring substituents is 1. The maximum atomic E-state index is 12.3. The number of benzene rings is 2. The molecule has 10 heteroatoms. The Hall–Kier alpha value is -3.53. The fourth-order valence-electron chi connectivity index (χ4n) is 2.64. The molecule has 1 heterocycles. The number of cyclic esters (lactones) is 1. The molecule has 9 nitrogen and oxygen atoms in total. The molecule has 0 unspecified atom stereocenters. The van der Waals surface area contributed by atoms with Crippen molar-refractivity contribution in [3.63, 3.8) is 0 Å². The molecule has 0 amide bonds. The number of nitrogens with zero attached hydrogens (tertiary/aromatic N) is 2. The lowest BCUT2D eigenvalue weighted by Crippen LogP contribution is -2.08. The number of hydrogen-bond acceptors (Lipinski definition) is 8. The van der Waals surface area contributed by atoms with Gasteiger partial charge in [0.25, 0.3) is 5.69 Å². The minimum atomic E-state index is -0.663. The van der Waals surface area contributed by atoms with Crippen LogP contribution in [0.4, 0.5) is 5.69 Å². The predicted molar refractivity (Wildman–Crippen MR) is 115 cm³/mol. The van der Waals surface area contributed by atoms with Crippen LogP contribution in [-0.2, 0) is 14.3 Å². The molecule has 1 aliphatic rings. The molecule has 0 bridgehead atoms. The Bertz CT molecular complexity index is 1110. The van der Waals surface area contributed by atoms with Crippen molar-refractivity contribution >= 4 is 45.5 Å². The summed E-state index contributed by atoms with van der Waals surface area (Å²) in [6.07, 6.45) is 1.70. The van der Waals surface area contributed by atoms with Crippen LogP contribution in [0.2, 0.25) is 0 Å². The second-order valence-corrected chi connectivity index (χ2v) is 7.08. The first-order valence-corrected chi connectivity index (χ1v) is 10.1. The van der Waals surface area contributed by atoms with Crippen LogP contribution in [0.1, 0.15) is 31.4 Å². The van der Waals surface area contributed by atoms with Crippen molar-refractivity contribution in [3.8, 4) is 11.5 Å². The fraction of sp³-hybridized carbons (Fsp3) is 0.190. The molecule has 0 saturated heterocycles. The summed E-state index contributed by atoms with van der Waals surface area (Å²) in [5, 5.41) is 10.8. The molecule has 0 aliphatic carbocycles. The van der Waals surface area contributed by atoms with Crippen LogP contribution in [0.5, 0.6) is 11.5 Å². The van der Waals surface area contributed by atoms with Crippen LogP contribution in [0.3, 0.4) is 0 Å². The first-order chi connectivity index (χ1) is 14.8. The van der Waals surface area contributed by atoms with Crippen LogP contribution < -0.4 is 9.47 Å². The monoisotopic (exact) mass is 488 g/mol. The van der Waals surface area contributed by atoms with Crippen molar-refractivity contribution in [2.45, 2.75) is 20.3 Å². The van der Waals surface area contributed by atoms with Gasteiger partial charge in [-0.1, -0.05) is 6.92 Å². The zero-order chi connectivity index (χ0) is 22.5. The van der Waals surface area contributed by atoms with Gasteiger partial charge in [-0.15, -0.1) is 0 Å². The Morgan fingerprint density at radius 1 is 1.26 bits per heavy atom. The number of halogens is 1. The molecule has 0 fully saturated rings. The molecule has 31 heavy (non-hydrogen) atoms. The van der Waals surface area contributed by atoms with Crippen molar-refractivity contribution in [1.29, 1.82) is 0 Å². The van der Waals surface area contributed by atoms with Gasteiger partial charge in [-0.2, -0.15) is 0 Å². The number of hydrogen-bond donors (Lipinski definition) is 0. The van der Waals surface area contributed by atoms with E-state index in [9.17, 15) is 19.7 Å². The second kappa shape index (κ2) is 9.52. The SMILES string of the molecule is CCOc1cc(/C=C2\N=C(c3ccc([N+](=O)[O-])cc3)OC2=O)cc(Br)c1OC(=O)CC. The van der Waals surface area contributed by atoms with E-state index in [1.807, 2.05) is 0 Å². The topological polar surface area (TPSA) is 117 Å². The molecule has 0 N–H and O–H groups in total. The molecular formula is C21H17BrN2O7. The van der Waals surface area contributed by atoms with E-state index in [1.165, 1.54) is 30.3 Å². The molecular weight excluding hydrogens is 472 g/mol. The molecule has 1 aliphatic heterocycles. The Morgan fingerprint density at radius 2 is 1.97 bits per heavy atom. The molecule has 3 rings (SSSR count). The Morgan fingerprint density at radius 3 is 2.58 bits per heavy atom. The summed E-state index contributed by atoms with van der Waals surface area (Å²) >= 11 is 3.36. The van der Waals surface area contributed by atoms with E-state index < -0.39 is 16.9 Å². The number of aliphatic imine (C=N–C) groups is 1. The van der Waals surface area contributed by atoms with E-state index in [-0.39, 0.29) is 29.5 Å². The molecule has 2 aromatic carbocycles. The molecule has 0 saturated carbocycles. The van der Waals surface area contributed by atoms with Crippen LogP contribution in [-0.4, -0.2) is 29.4 Å².